The molecule has 0 saturated carbocycles. The molecule has 3 rings (SSSR count). The van der Waals surface area contributed by atoms with Gasteiger partial charge in [-0.1, -0.05) is 19.0 Å². The number of aliphatic imine (C=N–C) groups is 1. The van der Waals surface area contributed by atoms with Gasteiger partial charge in [-0.15, -0.1) is 24.0 Å². The van der Waals surface area contributed by atoms with Gasteiger partial charge in [0.05, 0.1) is 32.1 Å². The molecule has 9 heteroatoms. The van der Waals surface area contributed by atoms with Crippen molar-refractivity contribution in [2.75, 3.05) is 52.6 Å². The fourth-order valence-corrected chi connectivity index (χ4v) is 4.18. The number of nitrogens with one attached hydrogen (secondary N) is 2. The molecule has 0 spiro atoms. The molecule has 1 aromatic rings. The van der Waals surface area contributed by atoms with Crippen LogP contribution in [0.15, 0.2) is 9.52 Å². The smallest absolute Gasteiger partial charge is 0.191 e. The monoisotopic (exact) mass is 535 g/mol. The van der Waals surface area contributed by atoms with Crippen LogP contribution in [0.1, 0.15) is 44.2 Å². The molecule has 0 amide bonds. The standard InChI is InChI=1S/C21H37N5O3.HI/c1-4-18-17(20(5-2)29-25-18)13-23-21(22-6-3)24-14-19(16-7-10-28-15-16)26-8-11-27-12-9-26;/h16,19H,4-15H2,1-3H3,(H2,22,23,24);1H. The molecule has 172 valence electrons. The summed E-state index contributed by atoms with van der Waals surface area (Å²) in [5.74, 6) is 2.34. The van der Waals surface area contributed by atoms with Crippen molar-refractivity contribution in [3.05, 3.63) is 17.0 Å². The Morgan fingerprint density at radius 1 is 1.13 bits per heavy atom. The van der Waals surface area contributed by atoms with Crippen LogP contribution in [0.2, 0.25) is 0 Å². The maximum absolute atomic E-state index is 5.68. The van der Waals surface area contributed by atoms with Crippen molar-refractivity contribution >= 4 is 29.9 Å². The highest BCUT2D eigenvalue weighted by atomic mass is 127. The minimum atomic E-state index is 0. The van der Waals surface area contributed by atoms with E-state index in [1.54, 1.807) is 0 Å². The lowest BCUT2D eigenvalue weighted by molar-refractivity contribution is 0.00246. The number of aryl methyl sites for hydroxylation is 2. The highest BCUT2D eigenvalue weighted by Crippen LogP contribution is 2.22. The van der Waals surface area contributed by atoms with Crippen molar-refractivity contribution in [1.82, 2.24) is 20.7 Å². The first kappa shape index (κ1) is 25.4. The van der Waals surface area contributed by atoms with Crippen LogP contribution in [0.5, 0.6) is 0 Å². The van der Waals surface area contributed by atoms with Gasteiger partial charge in [0, 0.05) is 56.7 Å². The van der Waals surface area contributed by atoms with E-state index >= 15 is 0 Å². The van der Waals surface area contributed by atoms with Gasteiger partial charge in [-0.3, -0.25) is 4.90 Å². The van der Waals surface area contributed by atoms with Gasteiger partial charge in [0.25, 0.3) is 0 Å². The van der Waals surface area contributed by atoms with E-state index in [0.717, 1.165) is 94.8 Å². The molecule has 2 N–H and O–H groups in total. The van der Waals surface area contributed by atoms with E-state index in [0.29, 0.717) is 18.5 Å². The van der Waals surface area contributed by atoms with Gasteiger partial charge in [-0.2, -0.15) is 0 Å². The van der Waals surface area contributed by atoms with Crippen molar-refractivity contribution in [2.24, 2.45) is 10.9 Å². The SMILES string of the molecule is CCNC(=NCc1c(CC)noc1CC)NCC(C1CCOC1)N1CCOCC1.I. The van der Waals surface area contributed by atoms with Crippen LogP contribution in [0.4, 0.5) is 0 Å². The van der Waals surface area contributed by atoms with E-state index in [1.165, 1.54) is 0 Å². The van der Waals surface area contributed by atoms with Crippen LogP contribution < -0.4 is 10.6 Å². The zero-order chi connectivity index (χ0) is 20.5. The molecular formula is C21H38IN5O3. The molecule has 1 aromatic heterocycles. The molecule has 0 aliphatic carbocycles. The van der Waals surface area contributed by atoms with Gasteiger partial charge in [-0.05, 0) is 19.8 Å². The molecule has 2 unspecified atom stereocenters. The Balaban J connectivity index is 0.00000320. The summed E-state index contributed by atoms with van der Waals surface area (Å²) in [6, 6.07) is 0.429. The summed E-state index contributed by atoms with van der Waals surface area (Å²) >= 11 is 0. The van der Waals surface area contributed by atoms with Crippen LogP contribution in [-0.4, -0.2) is 74.7 Å². The molecule has 2 aliphatic rings. The summed E-state index contributed by atoms with van der Waals surface area (Å²) in [7, 11) is 0. The van der Waals surface area contributed by atoms with E-state index in [1.807, 2.05) is 0 Å². The van der Waals surface area contributed by atoms with Crippen LogP contribution >= 0.6 is 24.0 Å². The topological polar surface area (TPSA) is 84.2 Å². The summed E-state index contributed by atoms with van der Waals surface area (Å²) in [5, 5.41) is 11.2. The first-order valence-electron chi connectivity index (χ1n) is 11.1. The highest BCUT2D eigenvalue weighted by molar-refractivity contribution is 14.0. The Morgan fingerprint density at radius 3 is 2.57 bits per heavy atom. The number of guanidine groups is 1. The molecule has 2 aliphatic heterocycles. The van der Waals surface area contributed by atoms with Crippen molar-refractivity contribution in [3.8, 4) is 0 Å². The lowest BCUT2D eigenvalue weighted by Gasteiger charge is -2.37. The number of rotatable bonds is 9. The average Bonchev–Trinajstić information content (AvgIpc) is 3.42. The van der Waals surface area contributed by atoms with Gasteiger partial charge in [-0.25, -0.2) is 4.99 Å². The van der Waals surface area contributed by atoms with Gasteiger partial charge in [0.1, 0.15) is 5.76 Å². The van der Waals surface area contributed by atoms with Crippen LogP contribution in [0.3, 0.4) is 0 Å². The molecule has 2 saturated heterocycles. The van der Waals surface area contributed by atoms with E-state index in [4.69, 9.17) is 19.0 Å². The summed E-state index contributed by atoms with van der Waals surface area (Å²) in [6.45, 7) is 13.8. The van der Waals surface area contributed by atoms with E-state index < -0.39 is 0 Å². The van der Waals surface area contributed by atoms with Crippen LogP contribution in [-0.2, 0) is 28.9 Å². The number of hydrogen-bond donors (Lipinski definition) is 2. The first-order chi connectivity index (χ1) is 14.3. The summed E-state index contributed by atoms with van der Waals surface area (Å²) in [4.78, 5) is 7.38. The number of morpholine rings is 1. The lowest BCUT2D eigenvalue weighted by atomic mass is 9.97. The predicted molar refractivity (Wildman–Crippen MR) is 129 cm³/mol. The van der Waals surface area contributed by atoms with Crippen LogP contribution in [0, 0.1) is 5.92 Å². The molecule has 2 fully saturated rings. The summed E-state index contributed by atoms with van der Waals surface area (Å²) in [5.41, 5.74) is 2.14. The molecule has 3 heterocycles. The van der Waals surface area contributed by atoms with Crippen molar-refractivity contribution < 1.29 is 14.0 Å². The number of aromatic nitrogens is 1. The van der Waals surface area contributed by atoms with Gasteiger partial charge in [0.15, 0.2) is 5.96 Å². The molecular weight excluding hydrogens is 497 g/mol. The number of nitrogens with zero attached hydrogens (tertiary/aromatic N) is 3. The largest absolute Gasteiger partial charge is 0.381 e. The van der Waals surface area contributed by atoms with E-state index in [9.17, 15) is 0 Å². The zero-order valence-corrected chi connectivity index (χ0v) is 20.9. The third-order valence-electron chi connectivity index (χ3n) is 5.85. The minimum Gasteiger partial charge on any atom is -0.381 e. The lowest BCUT2D eigenvalue weighted by Crippen LogP contribution is -2.53. The number of halogens is 1. The van der Waals surface area contributed by atoms with Crippen LogP contribution in [0.25, 0.3) is 0 Å². The molecule has 2 atom stereocenters. The Bertz CT molecular complexity index is 621. The van der Waals surface area contributed by atoms with E-state index in [2.05, 4.69) is 41.5 Å². The molecule has 0 aromatic carbocycles. The quantitative estimate of drug-likeness (QED) is 0.285. The third kappa shape index (κ3) is 6.80. The fraction of sp³-hybridized carbons (Fsp3) is 0.810. The maximum atomic E-state index is 5.68. The van der Waals surface area contributed by atoms with Gasteiger partial charge in [0.2, 0.25) is 0 Å². The van der Waals surface area contributed by atoms with Crippen molar-refractivity contribution in [2.45, 2.75) is 52.6 Å². The molecule has 0 bridgehead atoms. The minimum absolute atomic E-state index is 0. The maximum Gasteiger partial charge on any atom is 0.191 e. The molecule has 0 radical (unpaired) electrons. The molecule has 8 nitrogen and oxygen atoms in total. The number of ether oxygens (including phenoxy) is 2. The van der Waals surface area contributed by atoms with Gasteiger partial charge < -0.3 is 24.6 Å². The Labute approximate surface area is 197 Å². The molecule has 30 heavy (non-hydrogen) atoms. The van der Waals surface area contributed by atoms with Crippen molar-refractivity contribution in [3.63, 3.8) is 0 Å². The highest BCUT2D eigenvalue weighted by Gasteiger charge is 2.31. The summed E-state index contributed by atoms with van der Waals surface area (Å²) < 4.78 is 16.7. The number of hydrogen-bond acceptors (Lipinski definition) is 6. The fourth-order valence-electron chi connectivity index (χ4n) is 4.18. The first-order valence-corrected chi connectivity index (χ1v) is 11.1. The average molecular weight is 535 g/mol. The van der Waals surface area contributed by atoms with E-state index in [-0.39, 0.29) is 24.0 Å². The Hall–Kier alpha value is -0.910. The Morgan fingerprint density at radius 2 is 1.93 bits per heavy atom. The zero-order valence-electron chi connectivity index (χ0n) is 18.6. The Kier molecular flexibility index (Phi) is 11.4. The second kappa shape index (κ2) is 13.5. The normalized spacial score (nSPS) is 21.3. The summed E-state index contributed by atoms with van der Waals surface area (Å²) in [6.07, 6.45) is 2.82. The van der Waals surface area contributed by atoms with Gasteiger partial charge >= 0.3 is 0 Å². The third-order valence-corrected chi connectivity index (χ3v) is 5.85. The second-order valence-electron chi connectivity index (χ2n) is 7.65. The predicted octanol–water partition coefficient (Wildman–Crippen LogP) is 2.21. The second-order valence-corrected chi connectivity index (χ2v) is 7.65. The van der Waals surface area contributed by atoms with Crippen molar-refractivity contribution in [1.29, 1.82) is 0 Å².